The van der Waals surface area contributed by atoms with Gasteiger partial charge in [-0.05, 0) is 35.0 Å². The maximum atomic E-state index is 11.9. The first-order chi connectivity index (χ1) is 8.40. The molecule has 0 aliphatic rings. The summed E-state index contributed by atoms with van der Waals surface area (Å²) in [4.78, 5) is 11.4. The zero-order valence-electron chi connectivity index (χ0n) is 9.42. The van der Waals surface area contributed by atoms with Crippen molar-refractivity contribution in [2.45, 2.75) is 17.2 Å². The van der Waals surface area contributed by atoms with Gasteiger partial charge in [0.1, 0.15) is 10.3 Å². The van der Waals surface area contributed by atoms with Gasteiger partial charge >= 0.3 is 5.97 Å². The minimum Gasteiger partial charge on any atom is -0.465 e. The Morgan fingerprint density at radius 2 is 2.28 bits per heavy atom. The van der Waals surface area contributed by atoms with Gasteiger partial charge in [-0.3, -0.25) is 4.79 Å². The van der Waals surface area contributed by atoms with E-state index in [2.05, 4.69) is 25.4 Å². The molecule has 1 atom stereocenters. The summed E-state index contributed by atoms with van der Waals surface area (Å²) < 4.78 is 31.2. The molecule has 102 valence electrons. The minimum absolute atomic E-state index is 0.0529. The number of halogens is 1. The molecule has 0 aliphatic carbocycles. The van der Waals surface area contributed by atoms with E-state index in [0.717, 1.165) is 11.3 Å². The number of rotatable bonds is 6. The van der Waals surface area contributed by atoms with Crippen molar-refractivity contribution >= 4 is 43.3 Å². The summed E-state index contributed by atoms with van der Waals surface area (Å²) in [5.41, 5.74) is 0. The Balaban J connectivity index is 2.84. The smallest absolute Gasteiger partial charge is 0.326 e. The molecule has 1 aromatic rings. The first-order valence-corrected chi connectivity index (χ1v) is 8.05. The molecule has 1 heterocycles. The van der Waals surface area contributed by atoms with Gasteiger partial charge in [0.25, 0.3) is 10.0 Å². The fourth-order valence-corrected chi connectivity index (χ4v) is 4.29. The first kappa shape index (κ1) is 15.6. The van der Waals surface area contributed by atoms with E-state index < -0.39 is 28.6 Å². The van der Waals surface area contributed by atoms with Crippen LogP contribution in [0.3, 0.4) is 0 Å². The highest BCUT2D eigenvalue weighted by molar-refractivity contribution is 9.11. The lowest BCUT2D eigenvalue weighted by Gasteiger charge is -2.14. The Morgan fingerprint density at radius 3 is 2.72 bits per heavy atom. The van der Waals surface area contributed by atoms with E-state index in [-0.39, 0.29) is 10.8 Å². The SMILES string of the molecule is CCOC(=O)[C@H](CO)NS(=O)(=O)c1ccc(Br)s1. The van der Waals surface area contributed by atoms with Crippen molar-refractivity contribution in [2.24, 2.45) is 0 Å². The highest BCUT2D eigenvalue weighted by Gasteiger charge is 2.27. The molecular weight excluding hydrogens is 346 g/mol. The molecule has 0 aliphatic heterocycles. The minimum atomic E-state index is -3.84. The molecule has 0 unspecified atom stereocenters. The predicted octanol–water partition coefficient (Wildman–Crippen LogP) is 0.713. The average molecular weight is 358 g/mol. The number of esters is 1. The summed E-state index contributed by atoms with van der Waals surface area (Å²) in [7, 11) is -3.84. The van der Waals surface area contributed by atoms with Gasteiger partial charge in [0, 0.05) is 0 Å². The summed E-state index contributed by atoms with van der Waals surface area (Å²) in [6.07, 6.45) is 0. The summed E-state index contributed by atoms with van der Waals surface area (Å²) in [5, 5.41) is 9.00. The predicted molar refractivity (Wildman–Crippen MR) is 69.8 cm³/mol. The van der Waals surface area contributed by atoms with Crippen LogP contribution in [0.25, 0.3) is 0 Å². The van der Waals surface area contributed by atoms with Gasteiger partial charge in [-0.1, -0.05) is 0 Å². The van der Waals surface area contributed by atoms with E-state index in [1.807, 2.05) is 0 Å². The van der Waals surface area contributed by atoms with Crippen LogP contribution in [0, 0.1) is 0 Å². The quantitative estimate of drug-likeness (QED) is 0.731. The molecule has 0 amide bonds. The van der Waals surface area contributed by atoms with Crippen LogP contribution in [0.15, 0.2) is 20.1 Å². The van der Waals surface area contributed by atoms with Crippen LogP contribution in [-0.4, -0.2) is 38.7 Å². The molecule has 18 heavy (non-hydrogen) atoms. The molecule has 0 bridgehead atoms. The number of carbonyl (C=O) groups excluding carboxylic acids is 1. The van der Waals surface area contributed by atoms with Gasteiger partial charge in [-0.2, -0.15) is 4.72 Å². The number of carbonyl (C=O) groups is 1. The third kappa shape index (κ3) is 4.02. The average Bonchev–Trinajstić information content (AvgIpc) is 2.74. The number of thiophene rings is 1. The van der Waals surface area contributed by atoms with E-state index in [1.165, 1.54) is 6.07 Å². The second-order valence-electron chi connectivity index (χ2n) is 3.17. The summed E-state index contributed by atoms with van der Waals surface area (Å²) in [6, 6.07) is 1.68. The van der Waals surface area contributed by atoms with Crippen LogP contribution < -0.4 is 4.72 Å². The molecule has 1 aromatic heterocycles. The van der Waals surface area contributed by atoms with E-state index >= 15 is 0 Å². The zero-order chi connectivity index (χ0) is 13.8. The third-order valence-corrected chi connectivity index (χ3v) is 5.45. The van der Waals surface area contributed by atoms with Crippen LogP contribution in [-0.2, 0) is 19.6 Å². The Hall–Kier alpha value is -0.480. The molecule has 0 fully saturated rings. The molecule has 0 saturated heterocycles. The number of ether oxygens (including phenoxy) is 1. The van der Waals surface area contributed by atoms with Crippen LogP contribution >= 0.6 is 27.3 Å². The van der Waals surface area contributed by atoms with Gasteiger partial charge in [-0.25, -0.2) is 8.42 Å². The molecule has 9 heteroatoms. The molecule has 1 rings (SSSR count). The number of nitrogens with one attached hydrogen (secondary N) is 1. The highest BCUT2D eigenvalue weighted by Crippen LogP contribution is 2.25. The largest absolute Gasteiger partial charge is 0.465 e. The fourth-order valence-electron chi connectivity index (χ4n) is 1.09. The van der Waals surface area contributed by atoms with E-state index in [9.17, 15) is 13.2 Å². The zero-order valence-corrected chi connectivity index (χ0v) is 12.6. The topological polar surface area (TPSA) is 92.7 Å². The monoisotopic (exact) mass is 357 g/mol. The van der Waals surface area contributed by atoms with Crippen LogP contribution in [0.1, 0.15) is 6.92 Å². The van der Waals surface area contributed by atoms with Crippen molar-refractivity contribution in [2.75, 3.05) is 13.2 Å². The van der Waals surface area contributed by atoms with E-state index in [4.69, 9.17) is 5.11 Å². The highest BCUT2D eigenvalue weighted by atomic mass is 79.9. The molecule has 2 N–H and O–H groups in total. The van der Waals surface area contributed by atoms with Crippen molar-refractivity contribution in [1.82, 2.24) is 4.72 Å². The third-order valence-electron chi connectivity index (χ3n) is 1.86. The Labute approximate surface area is 117 Å². The van der Waals surface area contributed by atoms with Crippen LogP contribution in [0.4, 0.5) is 0 Å². The fraction of sp³-hybridized carbons (Fsp3) is 0.444. The number of sulfonamides is 1. The Kier molecular flexibility index (Phi) is 5.73. The maximum Gasteiger partial charge on any atom is 0.326 e. The normalized spacial score (nSPS) is 13.3. The Morgan fingerprint density at radius 1 is 1.61 bits per heavy atom. The lowest BCUT2D eigenvalue weighted by molar-refractivity contribution is -0.146. The molecule has 0 saturated carbocycles. The second-order valence-corrected chi connectivity index (χ2v) is 7.57. The van der Waals surface area contributed by atoms with Crippen molar-refractivity contribution < 1.29 is 23.1 Å². The standard InChI is InChI=1S/C9H12BrNO5S2/c1-2-16-9(13)6(5-12)11-18(14,15)8-4-3-7(10)17-8/h3-4,6,11-12H,2,5H2,1H3/t6-/m0/s1. The number of aliphatic hydroxyl groups excluding tert-OH is 1. The Bertz CT molecular complexity index is 513. The number of hydrogen-bond acceptors (Lipinski definition) is 6. The van der Waals surface area contributed by atoms with Crippen molar-refractivity contribution in [3.8, 4) is 0 Å². The number of hydrogen-bond donors (Lipinski definition) is 2. The van der Waals surface area contributed by atoms with Crippen molar-refractivity contribution in [3.05, 3.63) is 15.9 Å². The number of aliphatic hydroxyl groups is 1. The molecular formula is C9H12BrNO5S2. The summed E-state index contributed by atoms with van der Waals surface area (Å²) >= 11 is 4.15. The summed E-state index contributed by atoms with van der Waals surface area (Å²) in [6.45, 7) is 1.05. The summed E-state index contributed by atoms with van der Waals surface area (Å²) in [5.74, 6) is -0.806. The van der Waals surface area contributed by atoms with Gasteiger partial charge in [0.15, 0.2) is 0 Å². The van der Waals surface area contributed by atoms with Gasteiger partial charge in [0.05, 0.1) is 17.0 Å². The first-order valence-electron chi connectivity index (χ1n) is 4.96. The molecule has 0 radical (unpaired) electrons. The van der Waals surface area contributed by atoms with Crippen LogP contribution in [0.2, 0.25) is 0 Å². The molecule has 6 nitrogen and oxygen atoms in total. The van der Waals surface area contributed by atoms with Gasteiger partial charge in [-0.15, -0.1) is 11.3 Å². The van der Waals surface area contributed by atoms with Crippen molar-refractivity contribution in [1.29, 1.82) is 0 Å². The van der Waals surface area contributed by atoms with E-state index in [0.29, 0.717) is 3.79 Å². The molecule has 0 spiro atoms. The van der Waals surface area contributed by atoms with Crippen LogP contribution in [0.5, 0.6) is 0 Å². The molecule has 0 aromatic carbocycles. The second kappa shape index (κ2) is 6.62. The van der Waals surface area contributed by atoms with E-state index in [1.54, 1.807) is 13.0 Å². The maximum absolute atomic E-state index is 11.9. The lowest BCUT2D eigenvalue weighted by atomic mass is 10.3. The van der Waals surface area contributed by atoms with Gasteiger partial charge in [0.2, 0.25) is 0 Å². The lowest BCUT2D eigenvalue weighted by Crippen LogP contribution is -2.44. The van der Waals surface area contributed by atoms with Gasteiger partial charge < -0.3 is 9.84 Å². The van der Waals surface area contributed by atoms with Crippen molar-refractivity contribution in [3.63, 3.8) is 0 Å².